The summed E-state index contributed by atoms with van der Waals surface area (Å²) in [4.78, 5) is 48.7. The van der Waals surface area contributed by atoms with Crippen LogP contribution in [0.3, 0.4) is 0 Å². The van der Waals surface area contributed by atoms with Gasteiger partial charge in [0, 0.05) is 0 Å². The second kappa shape index (κ2) is 13.8. The fourth-order valence-corrected chi connectivity index (χ4v) is 5.98. The summed E-state index contributed by atoms with van der Waals surface area (Å²) in [7, 11) is 0. The Bertz CT molecular complexity index is 2080. The van der Waals surface area contributed by atoms with Crippen molar-refractivity contribution in [3.63, 3.8) is 0 Å². The summed E-state index contributed by atoms with van der Waals surface area (Å²) in [6, 6.07) is 26.4. The molecule has 48 heavy (non-hydrogen) atoms. The molecule has 1 fully saturated rings. The molecule has 5 atom stereocenters. The Kier molecular flexibility index (Phi) is 9.16. The summed E-state index contributed by atoms with van der Waals surface area (Å²) in [5.41, 5.74) is 6.96. The van der Waals surface area contributed by atoms with Gasteiger partial charge in [-0.05, 0) is 52.3 Å². The van der Waals surface area contributed by atoms with Crippen LogP contribution in [0, 0.1) is 23.7 Å². The Labute approximate surface area is 282 Å². The van der Waals surface area contributed by atoms with Crippen LogP contribution in [0.5, 0.6) is 0 Å². The highest BCUT2D eigenvalue weighted by Crippen LogP contribution is 2.43. The molecule has 1 aliphatic rings. The Morgan fingerprint density at radius 2 is 1.38 bits per heavy atom. The number of anilines is 1. The van der Waals surface area contributed by atoms with Crippen molar-refractivity contribution in [3.8, 4) is 18.4 Å². The van der Waals surface area contributed by atoms with E-state index in [-0.39, 0.29) is 43.7 Å². The minimum atomic E-state index is -1.45. The standard InChI is InChI=1S/C35H24BrN5O7/c1-2-24(45-33(42)20-12-6-3-7-13-20)26-27(47-34(43)21-14-8-4-9-15-21)28(48-35(44)22-16-10-5-11-17-22)32(46-26)41-29(36)23(18-37)25-30(38)39-19-40-31(25)41/h1,3-17,19,24,26-28,32H,(H2,38,39,40)/t24-,26-,27-,28-,32+/m1/s1. The van der Waals surface area contributed by atoms with Crippen LogP contribution in [0.4, 0.5) is 5.82 Å². The van der Waals surface area contributed by atoms with Gasteiger partial charge in [0.05, 0.1) is 27.6 Å². The molecule has 6 rings (SSSR count). The third-order valence-corrected chi connectivity index (χ3v) is 8.33. The lowest BCUT2D eigenvalue weighted by Crippen LogP contribution is -2.45. The van der Waals surface area contributed by atoms with Crippen molar-refractivity contribution in [2.24, 2.45) is 0 Å². The average Bonchev–Trinajstić information content (AvgIpc) is 3.61. The van der Waals surface area contributed by atoms with Gasteiger partial charge in [0.2, 0.25) is 0 Å². The molecule has 0 amide bonds. The van der Waals surface area contributed by atoms with E-state index in [9.17, 15) is 19.6 Å². The van der Waals surface area contributed by atoms with Crippen LogP contribution < -0.4 is 5.73 Å². The first kappa shape index (κ1) is 31.9. The number of rotatable bonds is 8. The molecule has 13 heteroatoms. The van der Waals surface area contributed by atoms with Crippen LogP contribution in [0.15, 0.2) is 102 Å². The molecule has 0 unspecified atom stereocenters. The minimum Gasteiger partial charge on any atom is -0.452 e. The summed E-state index contributed by atoms with van der Waals surface area (Å²) in [5.74, 6) is 0.0932. The van der Waals surface area contributed by atoms with E-state index < -0.39 is 48.6 Å². The summed E-state index contributed by atoms with van der Waals surface area (Å²) in [6.07, 6.45) is 0.0367. The zero-order valence-corrected chi connectivity index (χ0v) is 26.4. The largest absolute Gasteiger partial charge is 0.452 e. The normalized spacial score (nSPS) is 19.1. The monoisotopic (exact) mass is 705 g/mol. The van der Waals surface area contributed by atoms with Crippen LogP contribution in [-0.4, -0.2) is 56.9 Å². The molecule has 1 saturated heterocycles. The molecular formula is C35H24BrN5O7. The lowest BCUT2D eigenvalue weighted by atomic mass is 10.0. The van der Waals surface area contributed by atoms with Gasteiger partial charge < -0.3 is 24.7 Å². The topological polar surface area (TPSA) is 169 Å². The number of benzene rings is 3. The number of hydrogen-bond donors (Lipinski definition) is 1. The molecule has 0 saturated carbocycles. The maximum absolute atomic E-state index is 13.6. The number of carbonyl (C=O) groups is 3. The van der Waals surface area contributed by atoms with E-state index in [1.54, 1.807) is 91.0 Å². The molecule has 0 bridgehead atoms. The molecule has 238 valence electrons. The van der Waals surface area contributed by atoms with Gasteiger partial charge in [0.1, 0.15) is 34.6 Å². The number of ether oxygens (including phenoxy) is 4. The van der Waals surface area contributed by atoms with Gasteiger partial charge in [-0.3, -0.25) is 4.57 Å². The van der Waals surface area contributed by atoms with Crippen LogP contribution in [-0.2, 0) is 18.9 Å². The Balaban J connectivity index is 1.49. The Hall–Kier alpha value is -6.02. The van der Waals surface area contributed by atoms with Crippen molar-refractivity contribution in [2.75, 3.05) is 5.73 Å². The van der Waals surface area contributed by atoms with E-state index in [1.807, 2.05) is 0 Å². The molecule has 3 aromatic carbocycles. The van der Waals surface area contributed by atoms with Gasteiger partial charge in [-0.2, -0.15) is 5.26 Å². The quantitative estimate of drug-likeness (QED) is 0.133. The lowest BCUT2D eigenvalue weighted by molar-refractivity contribution is -0.0772. The molecule has 2 N–H and O–H groups in total. The molecule has 0 radical (unpaired) electrons. The molecule has 0 aliphatic carbocycles. The number of esters is 3. The van der Waals surface area contributed by atoms with Gasteiger partial charge in [0.15, 0.2) is 24.5 Å². The maximum atomic E-state index is 13.6. The molecule has 0 spiro atoms. The first-order chi connectivity index (χ1) is 23.3. The summed E-state index contributed by atoms with van der Waals surface area (Å²) < 4.78 is 25.8. The first-order valence-corrected chi connectivity index (χ1v) is 15.2. The van der Waals surface area contributed by atoms with Gasteiger partial charge in [0.25, 0.3) is 0 Å². The van der Waals surface area contributed by atoms with Crippen molar-refractivity contribution in [3.05, 3.63) is 124 Å². The van der Waals surface area contributed by atoms with E-state index in [1.165, 1.54) is 10.9 Å². The van der Waals surface area contributed by atoms with E-state index >= 15 is 0 Å². The van der Waals surface area contributed by atoms with Crippen LogP contribution >= 0.6 is 15.9 Å². The highest BCUT2D eigenvalue weighted by atomic mass is 79.9. The zero-order chi connectivity index (χ0) is 33.8. The first-order valence-electron chi connectivity index (χ1n) is 14.4. The molecule has 3 heterocycles. The number of nitriles is 1. The van der Waals surface area contributed by atoms with Crippen molar-refractivity contribution >= 4 is 50.7 Å². The third kappa shape index (κ3) is 6.08. The Morgan fingerprint density at radius 1 is 0.854 bits per heavy atom. The second-order valence-corrected chi connectivity index (χ2v) is 11.2. The van der Waals surface area contributed by atoms with Crippen molar-refractivity contribution in [2.45, 2.75) is 30.6 Å². The highest BCUT2D eigenvalue weighted by Gasteiger charge is 2.55. The lowest BCUT2D eigenvalue weighted by Gasteiger charge is -2.26. The molecule has 1 aliphatic heterocycles. The Morgan fingerprint density at radius 3 is 1.90 bits per heavy atom. The molecule has 2 aromatic heterocycles. The third-order valence-electron chi connectivity index (χ3n) is 7.56. The predicted molar refractivity (Wildman–Crippen MR) is 174 cm³/mol. The smallest absolute Gasteiger partial charge is 0.339 e. The number of carbonyl (C=O) groups excluding carboxylic acids is 3. The van der Waals surface area contributed by atoms with E-state index in [0.717, 1.165) is 0 Å². The number of terminal acetylenes is 1. The number of hydrogen-bond acceptors (Lipinski definition) is 11. The number of fused-ring (bicyclic) bond motifs is 1. The zero-order valence-electron chi connectivity index (χ0n) is 24.8. The van der Waals surface area contributed by atoms with Crippen LogP contribution in [0.2, 0.25) is 0 Å². The summed E-state index contributed by atoms with van der Waals surface area (Å²) in [5, 5.41) is 10.3. The number of nitrogen functional groups attached to an aromatic ring is 1. The van der Waals surface area contributed by atoms with Crippen molar-refractivity contribution in [1.82, 2.24) is 14.5 Å². The van der Waals surface area contributed by atoms with Crippen LogP contribution in [0.25, 0.3) is 11.0 Å². The van der Waals surface area contributed by atoms with E-state index in [2.05, 4.69) is 37.9 Å². The summed E-state index contributed by atoms with van der Waals surface area (Å²) >= 11 is 3.45. The second-order valence-electron chi connectivity index (χ2n) is 10.4. The van der Waals surface area contributed by atoms with Gasteiger partial charge in [-0.25, -0.2) is 24.4 Å². The minimum absolute atomic E-state index is 0.00808. The number of nitrogens with two attached hydrogens (primary N) is 1. The average molecular weight is 707 g/mol. The van der Waals surface area contributed by atoms with Crippen LogP contribution in [0.1, 0.15) is 42.9 Å². The fourth-order valence-electron chi connectivity index (χ4n) is 5.32. The van der Waals surface area contributed by atoms with Crippen molar-refractivity contribution in [1.29, 1.82) is 5.26 Å². The number of nitrogens with zero attached hydrogens (tertiary/aromatic N) is 4. The molecule has 12 nitrogen and oxygen atoms in total. The van der Waals surface area contributed by atoms with E-state index in [4.69, 9.17) is 31.1 Å². The highest BCUT2D eigenvalue weighted by molar-refractivity contribution is 9.10. The molecular weight excluding hydrogens is 682 g/mol. The molecule has 5 aromatic rings. The number of aromatic nitrogens is 3. The van der Waals surface area contributed by atoms with Crippen molar-refractivity contribution < 1.29 is 33.3 Å². The maximum Gasteiger partial charge on any atom is 0.339 e. The van der Waals surface area contributed by atoms with Gasteiger partial charge in [-0.15, -0.1) is 6.42 Å². The number of halogens is 1. The fraction of sp³-hybridized carbons (Fsp3) is 0.143. The SMILES string of the molecule is C#C[C@@H](OC(=O)c1ccccc1)[C@H]1O[C@H](n2c(Br)c(C#N)c3c(N)ncnc32)[C@H](OC(=O)c2ccccc2)[C@@H]1OC(=O)c1ccccc1. The van der Waals surface area contributed by atoms with Gasteiger partial charge in [-0.1, -0.05) is 60.5 Å². The summed E-state index contributed by atoms with van der Waals surface area (Å²) in [6.45, 7) is 0. The predicted octanol–water partition coefficient (Wildman–Crippen LogP) is 4.86. The van der Waals surface area contributed by atoms with Gasteiger partial charge >= 0.3 is 17.9 Å². The van der Waals surface area contributed by atoms with E-state index in [0.29, 0.717) is 0 Å².